The van der Waals surface area contributed by atoms with E-state index in [4.69, 9.17) is 9.07 Å². The van der Waals surface area contributed by atoms with Crippen LogP contribution in [-0.4, -0.2) is 12.5 Å². The lowest BCUT2D eigenvalue weighted by Gasteiger charge is -2.34. The Morgan fingerprint density at radius 3 is 2.38 bits per heavy atom. The highest BCUT2D eigenvalue weighted by molar-refractivity contribution is 6.68. The topological polar surface area (TPSA) is 22.4 Å². The molecule has 0 bridgehead atoms. The van der Waals surface area contributed by atoms with Gasteiger partial charge >= 0.3 is 6.92 Å². The Kier molecular flexibility index (Phi) is 3.15. The van der Waals surface area contributed by atoms with Gasteiger partial charge in [0.15, 0.2) is 0 Å². The van der Waals surface area contributed by atoms with Gasteiger partial charge in [0.25, 0.3) is 0 Å². The molecule has 5 rings (SSSR count). The van der Waals surface area contributed by atoms with Crippen molar-refractivity contribution in [1.29, 1.82) is 0 Å². The number of fused-ring (bicyclic) bond motifs is 5. The van der Waals surface area contributed by atoms with Crippen molar-refractivity contribution in [2.45, 2.75) is 39.6 Å². The second-order valence-electron chi connectivity index (χ2n) is 8.72. The summed E-state index contributed by atoms with van der Waals surface area (Å²) in [7, 11) is 0. The maximum atomic E-state index is 6.44. The molecule has 0 radical (unpaired) electrons. The van der Waals surface area contributed by atoms with Crippen LogP contribution in [0.25, 0.3) is 32.7 Å². The van der Waals surface area contributed by atoms with Gasteiger partial charge in [0.2, 0.25) is 0 Å². The summed E-state index contributed by atoms with van der Waals surface area (Å²) in [6, 6.07) is 19.3. The Hall–Kier alpha value is -2.26. The number of rotatable bonds is 1. The zero-order valence-electron chi connectivity index (χ0n) is 15.8. The van der Waals surface area contributed by atoms with Gasteiger partial charge in [-0.3, -0.25) is 0 Å². The normalized spacial score (nSPS) is 19.0. The fourth-order valence-electron chi connectivity index (χ4n) is 4.22. The van der Waals surface area contributed by atoms with Crippen molar-refractivity contribution in [3.63, 3.8) is 0 Å². The molecule has 0 saturated carbocycles. The molecule has 0 spiro atoms. The Labute approximate surface area is 154 Å². The van der Waals surface area contributed by atoms with Crippen LogP contribution in [0.5, 0.6) is 0 Å². The summed E-state index contributed by atoms with van der Waals surface area (Å²) in [5.41, 5.74) is 3.16. The molecule has 1 fully saturated rings. The summed E-state index contributed by atoms with van der Waals surface area (Å²) >= 11 is 0. The second kappa shape index (κ2) is 5.14. The van der Waals surface area contributed by atoms with E-state index in [1.807, 2.05) is 0 Å². The summed E-state index contributed by atoms with van der Waals surface area (Å²) in [6.45, 7) is 9.13. The van der Waals surface area contributed by atoms with Crippen LogP contribution in [0.3, 0.4) is 0 Å². The number of hydrogen-bond donors (Lipinski definition) is 0. The van der Waals surface area contributed by atoms with Gasteiger partial charge in [0, 0.05) is 10.8 Å². The Balaban J connectivity index is 1.72. The lowest BCUT2D eigenvalue weighted by Crippen LogP contribution is -2.36. The molecule has 2 nitrogen and oxygen atoms in total. The first-order valence-corrected chi connectivity index (χ1v) is 9.37. The lowest BCUT2D eigenvalue weighted by atomic mass is 9.54. The minimum Gasteiger partial charge on any atom is -0.456 e. The zero-order chi connectivity index (χ0) is 18.1. The predicted molar refractivity (Wildman–Crippen MR) is 110 cm³/mol. The van der Waals surface area contributed by atoms with E-state index >= 15 is 0 Å². The quantitative estimate of drug-likeness (QED) is 0.410. The summed E-state index contributed by atoms with van der Waals surface area (Å²) in [6.07, 6.45) is 1.03. The van der Waals surface area contributed by atoms with Crippen LogP contribution in [0, 0.1) is 5.41 Å². The van der Waals surface area contributed by atoms with E-state index in [0.717, 1.165) is 17.5 Å². The van der Waals surface area contributed by atoms with Crippen molar-refractivity contribution in [3.8, 4) is 0 Å². The Bertz CT molecular complexity index is 1140. The fourth-order valence-corrected chi connectivity index (χ4v) is 4.22. The minimum absolute atomic E-state index is 0.127. The van der Waals surface area contributed by atoms with Crippen molar-refractivity contribution in [2.24, 2.45) is 5.41 Å². The van der Waals surface area contributed by atoms with Crippen LogP contribution in [0.1, 0.15) is 27.7 Å². The standard InChI is InChI=1S/C23H23BO2/c1-22(2)14-24(26-23(22,3)4)16-10-12-19-18(13-16)21-17-8-6-5-7-15(17)9-11-20(21)25-19/h5-13H,14H2,1-4H3. The van der Waals surface area contributed by atoms with Crippen LogP contribution in [0.2, 0.25) is 6.32 Å². The van der Waals surface area contributed by atoms with Gasteiger partial charge in [-0.2, -0.15) is 0 Å². The van der Waals surface area contributed by atoms with Gasteiger partial charge < -0.3 is 9.07 Å². The van der Waals surface area contributed by atoms with Crippen LogP contribution < -0.4 is 5.46 Å². The molecule has 26 heavy (non-hydrogen) atoms. The number of benzene rings is 3. The van der Waals surface area contributed by atoms with Crippen molar-refractivity contribution < 1.29 is 9.07 Å². The van der Waals surface area contributed by atoms with Crippen molar-refractivity contribution in [2.75, 3.05) is 0 Å². The van der Waals surface area contributed by atoms with Gasteiger partial charge in [-0.25, -0.2) is 0 Å². The van der Waals surface area contributed by atoms with Crippen LogP contribution >= 0.6 is 0 Å². The Morgan fingerprint density at radius 2 is 1.62 bits per heavy atom. The number of furan rings is 1. The molecule has 1 aliphatic heterocycles. The first-order valence-electron chi connectivity index (χ1n) is 9.37. The lowest BCUT2D eigenvalue weighted by molar-refractivity contribution is 0.0375. The minimum atomic E-state index is -0.127. The summed E-state index contributed by atoms with van der Waals surface area (Å²) in [5.74, 6) is 0. The van der Waals surface area contributed by atoms with Crippen molar-refractivity contribution >= 4 is 45.1 Å². The van der Waals surface area contributed by atoms with E-state index in [1.54, 1.807) is 0 Å². The average molecular weight is 342 g/mol. The molecule has 3 aromatic carbocycles. The third-order valence-corrected chi connectivity index (χ3v) is 6.52. The molecule has 0 atom stereocenters. The van der Waals surface area contributed by atoms with Crippen LogP contribution in [0.4, 0.5) is 0 Å². The van der Waals surface area contributed by atoms with E-state index in [9.17, 15) is 0 Å². The molecule has 1 saturated heterocycles. The third kappa shape index (κ3) is 2.16. The SMILES string of the molecule is CC1(C)CB(c2ccc3oc4ccc5ccccc5c4c3c2)OC1(C)C. The van der Waals surface area contributed by atoms with Gasteiger partial charge in [-0.15, -0.1) is 0 Å². The predicted octanol–water partition coefficient (Wildman–Crippen LogP) is 5.77. The molecule has 0 unspecified atom stereocenters. The van der Waals surface area contributed by atoms with Crippen molar-refractivity contribution in [1.82, 2.24) is 0 Å². The van der Waals surface area contributed by atoms with E-state index < -0.39 is 0 Å². The largest absolute Gasteiger partial charge is 0.456 e. The molecule has 0 aliphatic carbocycles. The molecule has 1 aliphatic rings. The van der Waals surface area contributed by atoms with Gasteiger partial charge in [-0.1, -0.05) is 56.3 Å². The molecule has 0 amide bonds. The first kappa shape index (κ1) is 16.0. The number of hydrogen-bond acceptors (Lipinski definition) is 2. The highest BCUT2D eigenvalue weighted by Crippen LogP contribution is 2.45. The smallest absolute Gasteiger partial charge is 0.327 e. The average Bonchev–Trinajstić information content (AvgIpc) is 3.08. The highest BCUT2D eigenvalue weighted by atomic mass is 16.5. The Morgan fingerprint density at radius 1 is 0.846 bits per heavy atom. The summed E-state index contributed by atoms with van der Waals surface area (Å²) in [4.78, 5) is 0. The second-order valence-corrected chi connectivity index (χ2v) is 8.72. The maximum Gasteiger partial charge on any atom is 0.327 e. The maximum absolute atomic E-state index is 6.44. The molecule has 4 aromatic rings. The molecule has 0 N–H and O–H groups in total. The summed E-state index contributed by atoms with van der Waals surface area (Å²) in [5, 5.41) is 4.87. The van der Waals surface area contributed by atoms with Crippen LogP contribution in [0.15, 0.2) is 59.0 Å². The van der Waals surface area contributed by atoms with Crippen LogP contribution in [-0.2, 0) is 4.65 Å². The third-order valence-electron chi connectivity index (χ3n) is 6.52. The molecule has 1 aromatic heterocycles. The summed E-state index contributed by atoms with van der Waals surface area (Å²) < 4.78 is 12.6. The van der Waals surface area contributed by atoms with E-state index in [-0.39, 0.29) is 17.9 Å². The fraction of sp³-hybridized carbons (Fsp3) is 0.304. The van der Waals surface area contributed by atoms with E-state index in [1.165, 1.54) is 27.0 Å². The van der Waals surface area contributed by atoms with Gasteiger partial charge in [0.1, 0.15) is 11.2 Å². The molecule has 2 heterocycles. The molecule has 130 valence electrons. The molecular formula is C23H23BO2. The first-order chi connectivity index (χ1) is 12.4. The van der Waals surface area contributed by atoms with Gasteiger partial charge in [0.05, 0.1) is 5.60 Å². The van der Waals surface area contributed by atoms with Crippen molar-refractivity contribution in [3.05, 3.63) is 54.6 Å². The highest BCUT2D eigenvalue weighted by Gasteiger charge is 2.49. The van der Waals surface area contributed by atoms with Gasteiger partial charge in [-0.05, 0) is 54.0 Å². The zero-order valence-corrected chi connectivity index (χ0v) is 15.8. The van der Waals surface area contributed by atoms with E-state index in [2.05, 4.69) is 82.3 Å². The molecular weight excluding hydrogens is 319 g/mol. The molecule has 3 heteroatoms. The van der Waals surface area contributed by atoms with E-state index in [0.29, 0.717) is 0 Å². The monoisotopic (exact) mass is 342 g/mol.